The molecule has 0 aliphatic heterocycles. The molecule has 0 fully saturated rings. The molecule has 10 heteroatoms. The molecule has 9 nitrogen and oxygen atoms in total. The van der Waals surface area contributed by atoms with Crippen molar-refractivity contribution in [3.8, 4) is 34.3 Å². The van der Waals surface area contributed by atoms with Gasteiger partial charge >= 0.3 is 5.97 Å². The van der Waals surface area contributed by atoms with Crippen LogP contribution in [0.15, 0.2) is 47.9 Å². The third kappa shape index (κ3) is 6.23. The largest absolute Gasteiger partial charge is 0.504 e. The van der Waals surface area contributed by atoms with E-state index >= 15 is 0 Å². The molecule has 0 saturated carbocycles. The second-order valence-corrected chi connectivity index (χ2v) is 7.38. The van der Waals surface area contributed by atoms with Crippen molar-refractivity contribution in [1.29, 1.82) is 0 Å². The zero-order valence-corrected chi connectivity index (χ0v) is 19.0. The number of rotatable bonds is 9. The summed E-state index contributed by atoms with van der Waals surface area (Å²) in [7, 11) is 4.55. The molecule has 0 aliphatic carbocycles. The molecule has 0 aliphatic rings. The lowest BCUT2D eigenvalue weighted by Gasteiger charge is -2.08. The van der Waals surface area contributed by atoms with Gasteiger partial charge < -0.3 is 24.1 Å². The van der Waals surface area contributed by atoms with Gasteiger partial charge in [0.1, 0.15) is 11.5 Å². The summed E-state index contributed by atoms with van der Waals surface area (Å²) in [5, 5.41) is 14.3. The summed E-state index contributed by atoms with van der Waals surface area (Å²) in [4.78, 5) is 28.4. The van der Waals surface area contributed by atoms with Crippen molar-refractivity contribution in [2.45, 2.75) is 0 Å². The summed E-state index contributed by atoms with van der Waals surface area (Å²) in [5.41, 5.74) is 1.95. The van der Waals surface area contributed by atoms with Crippen LogP contribution in [0.4, 0.5) is 5.13 Å². The van der Waals surface area contributed by atoms with Crippen molar-refractivity contribution in [1.82, 2.24) is 4.98 Å². The lowest BCUT2D eigenvalue weighted by atomic mass is 10.1. The highest BCUT2D eigenvalue weighted by Gasteiger charge is 2.14. The highest BCUT2D eigenvalue weighted by atomic mass is 32.1. The molecule has 2 N–H and O–H groups in total. The van der Waals surface area contributed by atoms with Gasteiger partial charge in [-0.25, -0.2) is 9.78 Å². The number of nitrogens with one attached hydrogen (secondary N) is 1. The van der Waals surface area contributed by atoms with Gasteiger partial charge in [0, 0.05) is 17.0 Å². The Morgan fingerprint density at radius 2 is 1.85 bits per heavy atom. The molecule has 0 atom stereocenters. The van der Waals surface area contributed by atoms with Crippen molar-refractivity contribution in [2.75, 3.05) is 33.3 Å². The summed E-state index contributed by atoms with van der Waals surface area (Å²) in [5.74, 6) is 0.309. The van der Waals surface area contributed by atoms with Crippen LogP contribution in [0, 0.1) is 0 Å². The smallest absolute Gasteiger partial charge is 0.331 e. The average Bonchev–Trinajstić information content (AvgIpc) is 3.29. The molecule has 0 bridgehead atoms. The zero-order valence-electron chi connectivity index (χ0n) is 18.2. The number of hydrogen-bond donors (Lipinski definition) is 2. The molecular weight excluding hydrogens is 448 g/mol. The lowest BCUT2D eigenvalue weighted by molar-refractivity contribution is -0.142. The quantitative estimate of drug-likeness (QED) is 0.359. The maximum Gasteiger partial charge on any atom is 0.331 e. The van der Waals surface area contributed by atoms with Gasteiger partial charge in [0.05, 0.1) is 27.0 Å². The minimum atomic E-state index is -0.696. The summed E-state index contributed by atoms with van der Waals surface area (Å²) in [6.07, 6.45) is 2.66. The van der Waals surface area contributed by atoms with E-state index in [1.54, 1.807) is 49.9 Å². The Bertz CT molecular complexity index is 1170. The van der Waals surface area contributed by atoms with E-state index in [4.69, 9.17) is 18.9 Å². The zero-order chi connectivity index (χ0) is 23.8. The first kappa shape index (κ1) is 23.6. The Kier molecular flexibility index (Phi) is 7.87. The minimum absolute atomic E-state index is 0.0101. The molecule has 3 aromatic rings. The molecule has 1 amide bonds. The SMILES string of the molecule is COc1ccc(OC)c(-c2csc(NC(=O)COC(=O)C=Cc3ccc(O)c(OC)c3)n2)c1. The second-order valence-electron chi connectivity index (χ2n) is 6.52. The first-order chi connectivity index (χ1) is 15.9. The highest BCUT2D eigenvalue weighted by Crippen LogP contribution is 2.35. The average molecular weight is 471 g/mol. The summed E-state index contributed by atoms with van der Waals surface area (Å²) in [6.45, 7) is -0.473. The standard InChI is InChI=1S/C23H22N2O7S/c1-29-15-6-8-19(30-2)16(11-15)17-13-33-23(24-17)25-21(27)12-32-22(28)9-5-14-4-7-18(26)20(10-14)31-3/h4-11,13,26H,12H2,1-3H3,(H,24,25,27). The Morgan fingerprint density at radius 1 is 1.06 bits per heavy atom. The minimum Gasteiger partial charge on any atom is -0.504 e. The molecule has 0 saturated heterocycles. The van der Waals surface area contributed by atoms with Gasteiger partial charge in [-0.15, -0.1) is 11.3 Å². The van der Waals surface area contributed by atoms with E-state index in [9.17, 15) is 14.7 Å². The molecule has 0 spiro atoms. The Morgan fingerprint density at radius 3 is 2.58 bits per heavy atom. The van der Waals surface area contributed by atoms with Crippen molar-refractivity contribution >= 4 is 34.4 Å². The predicted octanol–water partition coefficient (Wildman–Crippen LogP) is 3.74. The fourth-order valence-corrected chi connectivity index (χ4v) is 3.50. The van der Waals surface area contributed by atoms with Crippen molar-refractivity contribution in [3.05, 3.63) is 53.4 Å². The van der Waals surface area contributed by atoms with E-state index in [-0.39, 0.29) is 11.5 Å². The van der Waals surface area contributed by atoms with Gasteiger partial charge in [0.25, 0.3) is 5.91 Å². The number of ether oxygens (including phenoxy) is 4. The number of carbonyl (C=O) groups is 2. The molecule has 2 aromatic carbocycles. The van der Waals surface area contributed by atoms with Crippen molar-refractivity contribution < 1.29 is 33.6 Å². The van der Waals surface area contributed by atoms with Crippen LogP contribution < -0.4 is 19.5 Å². The number of anilines is 1. The monoisotopic (exact) mass is 470 g/mol. The van der Waals surface area contributed by atoms with Crippen LogP contribution in [0.25, 0.3) is 17.3 Å². The van der Waals surface area contributed by atoms with Crippen LogP contribution in [0.3, 0.4) is 0 Å². The molecular formula is C23H22N2O7S. The van der Waals surface area contributed by atoms with Crippen molar-refractivity contribution in [3.63, 3.8) is 0 Å². The number of aromatic nitrogens is 1. The summed E-state index contributed by atoms with van der Waals surface area (Å²) < 4.78 is 20.6. The maximum absolute atomic E-state index is 12.1. The number of methoxy groups -OCH3 is 3. The number of phenolic OH excluding ortho intramolecular Hbond substituents is 1. The molecule has 172 valence electrons. The summed E-state index contributed by atoms with van der Waals surface area (Å²) >= 11 is 1.23. The highest BCUT2D eigenvalue weighted by molar-refractivity contribution is 7.14. The van der Waals surface area contributed by atoms with E-state index in [0.29, 0.717) is 27.9 Å². The number of benzene rings is 2. The van der Waals surface area contributed by atoms with Crippen molar-refractivity contribution in [2.24, 2.45) is 0 Å². The van der Waals surface area contributed by atoms with Gasteiger partial charge in [-0.1, -0.05) is 6.07 Å². The number of thiazole rings is 1. The molecule has 1 aromatic heterocycles. The lowest BCUT2D eigenvalue weighted by Crippen LogP contribution is -2.20. The topological polar surface area (TPSA) is 116 Å². The number of aromatic hydroxyl groups is 1. The number of hydrogen-bond acceptors (Lipinski definition) is 9. The predicted molar refractivity (Wildman–Crippen MR) is 124 cm³/mol. The van der Waals surface area contributed by atoms with Crippen LogP contribution >= 0.6 is 11.3 Å². The van der Waals surface area contributed by atoms with Gasteiger partial charge in [-0.2, -0.15) is 0 Å². The van der Waals surface area contributed by atoms with Gasteiger partial charge in [-0.05, 0) is 42.0 Å². The Balaban J connectivity index is 1.56. The first-order valence-corrected chi connectivity index (χ1v) is 10.5. The number of amides is 1. The van der Waals surface area contributed by atoms with Crippen LogP contribution in [0.5, 0.6) is 23.0 Å². The number of esters is 1. The number of nitrogens with zero attached hydrogens (tertiary/aromatic N) is 1. The van der Waals surface area contributed by atoms with E-state index in [0.717, 1.165) is 5.56 Å². The fourth-order valence-electron chi connectivity index (χ4n) is 2.77. The molecule has 33 heavy (non-hydrogen) atoms. The van der Waals surface area contributed by atoms with Crippen LogP contribution in [-0.2, 0) is 14.3 Å². The normalized spacial score (nSPS) is 10.6. The van der Waals surface area contributed by atoms with Crippen LogP contribution in [0.1, 0.15) is 5.56 Å². The van der Waals surface area contributed by atoms with Crippen LogP contribution in [-0.4, -0.2) is 49.9 Å². The van der Waals surface area contributed by atoms with E-state index in [1.807, 2.05) is 0 Å². The third-order valence-corrected chi connectivity index (χ3v) is 5.15. The number of phenols is 1. The van der Waals surface area contributed by atoms with Gasteiger partial charge in [-0.3, -0.25) is 10.1 Å². The number of carbonyl (C=O) groups excluding carboxylic acids is 2. The second kappa shape index (κ2) is 11.0. The maximum atomic E-state index is 12.1. The summed E-state index contributed by atoms with van der Waals surface area (Å²) in [6, 6.07) is 9.94. The molecule has 0 unspecified atom stereocenters. The third-order valence-electron chi connectivity index (χ3n) is 4.39. The molecule has 1 heterocycles. The van der Waals surface area contributed by atoms with Gasteiger partial charge in [0.2, 0.25) is 0 Å². The molecule has 3 rings (SSSR count). The Hall–Kier alpha value is -4.05. The fraction of sp³-hybridized carbons (Fsp3) is 0.174. The Labute approximate surface area is 194 Å². The first-order valence-electron chi connectivity index (χ1n) is 9.63. The van der Waals surface area contributed by atoms with Crippen LogP contribution in [0.2, 0.25) is 0 Å². The van der Waals surface area contributed by atoms with E-state index < -0.39 is 18.5 Å². The van der Waals surface area contributed by atoms with E-state index in [1.165, 1.54) is 36.7 Å². The van der Waals surface area contributed by atoms with E-state index in [2.05, 4.69) is 10.3 Å². The van der Waals surface area contributed by atoms with Gasteiger partial charge in [0.15, 0.2) is 23.2 Å². The molecule has 0 radical (unpaired) electrons.